The van der Waals surface area contributed by atoms with Gasteiger partial charge in [-0.1, -0.05) is 29.8 Å². The summed E-state index contributed by atoms with van der Waals surface area (Å²) in [6.45, 7) is 3.76. The van der Waals surface area contributed by atoms with Crippen molar-refractivity contribution in [1.29, 1.82) is 0 Å². The SMILES string of the molecule is COC(=O)Cc1ccc(CNCc2ccc(C)cc2)s1. The van der Waals surface area contributed by atoms with Crippen molar-refractivity contribution in [1.82, 2.24) is 5.32 Å². The minimum absolute atomic E-state index is 0.189. The van der Waals surface area contributed by atoms with E-state index >= 15 is 0 Å². The Morgan fingerprint density at radius 2 is 1.80 bits per heavy atom. The fourth-order valence-electron chi connectivity index (χ4n) is 1.86. The Morgan fingerprint density at radius 3 is 2.50 bits per heavy atom. The largest absolute Gasteiger partial charge is 0.469 e. The highest BCUT2D eigenvalue weighted by Crippen LogP contribution is 2.17. The summed E-state index contributed by atoms with van der Waals surface area (Å²) in [4.78, 5) is 13.5. The van der Waals surface area contributed by atoms with Gasteiger partial charge in [-0.25, -0.2) is 0 Å². The van der Waals surface area contributed by atoms with E-state index in [4.69, 9.17) is 0 Å². The molecule has 0 radical (unpaired) electrons. The van der Waals surface area contributed by atoms with Crippen LogP contribution in [0.25, 0.3) is 0 Å². The van der Waals surface area contributed by atoms with Gasteiger partial charge in [-0.2, -0.15) is 0 Å². The highest BCUT2D eigenvalue weighted by Gasteiger charge is 2.06. The average Bonchev–Trinajstić information content (AvgIpc) is 2.88. The van der Waals surface area contributed by atoms with Gasteiger partial charge in [-0.3, -0.25) is 4.79 Å². The molecule has 0 saturated heterocycles. The number of carbonyl (C=O) groups excluding carboxylic acids is 1. The molecule has 3 nitrogen and oxygen atoms in total. The molecule has 0 bridgehead atoms. The van der Waals surface area contributed by atoms with Gasteiger partial charge < -0.3 is 10.1 Å². The predicted molar refractivity (Wildman–Crippen MR) is 81.8 cm³/mol. The summed E-state index contributed by atoms with van der Waals surface area (Å²) in [6.07, 6.45) is 0.360. The van der Waals surface area contributed by atoms with Crippen molar-refractivity contribution in [3.8, 4) is 0 Å². The van der Waals surface area contributed by atoms with Crippen molar-refractivity contribution in [2.45, 2.75) is 26.4 Å². The molecule has 0 aliphatic rings. The molecule has 0 aliphatic heterocycles. The first-order valence-corrected chi connectivity index (χ1v) is 7.39. The summed E-state index contributed by atoms with van der Waals surface area (Å²) >= 11 is 1.65. The summed E-state index contributed by atoms with van der Waals surface area (Å²) in [5.74, 6) is -0.189. The number of carbonyl (C=O) groups is 1. The number of nitrogens with one attached hydrogen (secondary N) is 1. The summed E-state index contributed by atoms with van der Waals surface area (Å²) < 4.78 is 4.66. The summed E-state index contributed by atoms with van der Waals surface area (Å²) in [7, 11) is 1.42. The first-order chi connectivity index (χ1) is 9.67. The molecular formula is C16H19NO2S. The average molecular weight is 289 g/mol. The van der Waals surface area contributed by atoms with Crippen LogP contribution in [0.1, 0.15) is 20.9 Å². The van der Waals surface area contributed by atoms with E-state index in [1.165, 1.54) is 23.1 Å². The normalized spacial score (nSPS) is 10.5. The zero-order valence-electron chi connectivity index (χ0n) is 11.8. The van der Waals surface area contributed by atoms with Gasteiger partial charge >= 0.3 is 5.97 Å². The van der Waals surface area contributed by atoms with Crippen molar-refractivity contribution in [2.24, 2.45) is 0 Å². The number of benzene rings is 1. The third kappa shape index (κ3) is 4.47. The van der Waals surface area contributed by atoms with Gasteiger partial charge in [0.05, 0.1) is 13.5 Å². The van der Waals surface area contributed by atoms with Crippen LogP contribution in [0.4, 0.5) is 0 Å². The van der Waals surface area contributed by atoms with Gasteiger partial charge in [0, 0.05) is 22.8 Å². The van der Waals surface area contributed by atoms with E-state index in [1.54, 1.807) is 11.3 Å². The van der Waals surface area contributed by atoms with Crippen LogP contribution in [0.2, 0.25) is 0 Å². The molecule has 106 valence electrons. The monoisotopic (exact) mass is 289 g/mol. The molecule has 1 N–H and O–H groups in total. The topological polar surface area (TPSA) is 38.3 Å². The second kappa shape index (κ2) is 7.22. The smallest absolute Gasteiger partial charge is 0.310 e. The highest BCUT2D eigenvalue weighted by molar-refractivity contribution is 7.12. The van der Waals surface area contributed by atoms with E-state index in [2.05, 4.69) is 47.3 Å². The number of aryl methyl sites for hydroxylation is 1. The molecule has 1 aromatic carbocycles. The van der Waals surface area contributed by atoms with Crippen LogP contribution in [0, 0.1) is 6.92 Å². The van der Waals surface area contributed by atoms with Crippen molar-refractivity contribution in [2.75, 3.05) is 7.11 Å². The van der Waals surface area contributed by atoms with Crippen molar-refractivity contribution in [3.05, 3.63) is 57.3 Å². The molecule has 1 aromatic heterocycles. The van der Waals surface area contributed by atoms with Crippen molar-refractivity contribution >= 4 is 17.3 Å². The molecule has 20 heavy (non-hydrogen) atoms. The maximum atomic E-state index is 11.2. The maximum Gasteiger partial charge on any atom is 0.310 e. The first-order valence-electron chi connectivity index (χ1n) is 6.58. The lowest BCUT2D eigenvalue weighted by Crippen LogP contribution is -2.11. The fraction of sp³-hybridized carbons (Fsp3) is 0.312. The number of rotatable bonds is 6. The molecule has 4 heteroatoms. The van der Waals surface area contributed by atoms with Crippen LogP contribution in [-0.2, 0) is 29.0 Å². The van der Waals surface area contributed by atoms with Crippen LogP contribution in [-0.4, -0.2) is 13.1 Å². The molecule has 0 aliphatic carbocycles. The third-order valence-corrected chi connectivity index (χ3v) is 4.10. The number of hydrogen-bond acceptors (Lipinski definition) is 4. The molecule has 0 amide bonds. The number of hydrogen-bond donors (Lipinski definition) is 1. The Kier molecular flexibility index (Phi) is 5.32. The standard InChI is InChI=1S/C16H19NO2S/c1-12-3-5-13(6-4-12)10-17-11-15-8-7-14(20-15)9-16(18)19-2/h3-8,17H,9-11H2,1-2H3. The molecule has 2 aromatic rings. The second-order valence-corrected chi connectivity index (χ2v) is 5.96. The lowest BCUT2D eigenvalue weighted by molar-refractivity contribution is -0.139. The van der Waals surface area contributed by atoms with Crippen LogP contribution >= 0.6 is 11.3 Å². The van der Waals surface area contributed by atoms with E-state index in [0.717, 1.165) is 18.0 Å². The number of ether oxygens (including phenoxy) is 1. The van der Waals surface area contributed by atoms with Crippen LogP contribution in [0.5, 0.6) is 0 Å². The molecular weight excluding hydrogens is 270 g/mol. The van der Waals surface area contributed by atoms with Gasteiger partial charge in [0.25, 0.3) is 0 Å². The Bertz CT molecular complexity index is 560. The van der Waals surface area contributed by atoms with E-state index < -0.39 is 0 Å². The first kappa shape index (κ1) is 14.8. The lowest BCUT2D eigenvalue weighted by Gasteiger charge is -2.03. The maximum absolute atomic E-state index is 11.2. The van der Waals surface area contributed by atoms with Crippen LogP contribution in [0.15, 0.2) is 36.4 Å². The zero-order chi connectivity index (χ0) is 14.4. The Labute approximate surface area is 123 Å². The van der Waals surface area contributed by atoms with E-state index in [-0.39, 0.29) is 5.97 Å². The van der Waals surface area contributed by atoms with Crippen LogP contribution in [0.3, 0.4) is 0 Å². The van der Waals surface area contributed by atoms with Crippen molar-refractivity contribution in [3.63, 3.8) is 0 Å². The Hall–Kier alpha value is -1.65. The quantitative estimate of drug-likeness (QED) is 0.831. The van der Waals surface area contributed by atoms with Gasteiger partial charge in [0.15, 0.2) is 0 Å². The molecule has 0 spiro atoms. The molecule has 0 saturated carbocycles. The number of thiophene rings is 1. The molecule has 2 rings (SSSR count). The van der Waals surface area contributed by atoms with Crippen LogP contribution < -0.4 is 5.32 Å². The number of methoxy groups -OCH3 is 1. The predicted octanol–water partition coefficient (Wildman–Crippen LogP) is 3.06. The second-order valence-electron chi connectivity index (χ2n) is 4.71. The fourth-order valence-corrected chi connectivity index (χ4v) is 2.84. The van der Waals surface area contributed by atoms with Gasteiger partial charge in [-0.15, -0.1) is 11.3 Å². The highest BCUT2D eigenvalue weighted by atomic mass is 32.1. The minimum Gasteiger partial charge on any atom is -0.469 e. The summed E-state index contributed by atoms with van der Waals surface area (Å²) in [5.41, 5.74) is 2.56. The Morgan fingerprint density at radius 1 is 1.10 bits per heavy atom. The molecule has 0 fully saturated rings. The molecule has 0 atom stereocenters. The summed E-state index contributed by atoms with van der Waals surface area (Å²) in [5, 5.41) is 3.41. The zero-order valence-corrected chi connectivity index (χ0v) is 12.6. The van der Waals surface area contributed by atoms with E-state index in [0.29, 0.717) is 6.42 Å². The molecule has 0 unspecified atom stereocenters. The third-order valence-electron chi connectivity index (χ3n) is 3.01. The van der Waals surface area contributed by atoms with Gasteiger partial charge in [-0.05, 0) is 24.6 Å². The molecule has 1 heterocycles. The van der Waals surface area contributed by atoms with Gasteiger partial charge in [0.1, 0.15) is 0 Å². The van der Waals surface area contributed by atoms with Crippen molar-refractivity contribution < 1.29 is 9.53 Å². The number of esters is 1. The minimum atomic E-state index is -0.189. The van der Waals surface area contributed by atoms with E-state index in [1.807, 2.05) is 6.07 Å². The van der Waals surface area contributed by atoms with Gasteiger partial charge in [0.2, 0.25) is 0 Å². The lowest BCUT2D eigenvalue weighted by atomic mass is 10.1. The Balaban J connectivity index is 1.79. The summed E-state index contributed by atoms with van der Waals surface area (Å²) in [6, 6.07) is 12.6. The van der Waals surface area contributed by atoms with E-state index in [9.17, 15) is 4.79 Å².